The zero-order chi connectivity index (χ0) is 23.0. The van der Waals surface area contributed by atoms with Crippen LogP contribution in [0.2, 0.25) is 0 Å². The summed E-state index contributed by atoms with van der Waals surface area (Å²) in [6.45, 7) is 13.0. The molecule has 6 nitrogen and oxygen atoms in total. The Kier molecular flexibility index (Phi) is 12.8. The van der Waals surface area contributed by atoms with Crippen molar-refractivity contribution in [3.05, 3.63) is 85.5 Å². The lowest BCUT2D eigenvalue weighted by molar-refractivity contribution is -0.131. The zero-order valence-electron chi connectivity index (χ0n) is 17.9. The molecule has 0 amide bonds. The van der Waals surface area contributed by atoms with E-state index in [1.54, 1.807) is 24.3 Å². The minimum atomic E-state index is -0.912. The van der Waals surface area contributed by atoms with Gasteiger partial charge in [-0.05, 0) is 28.9 Å². The number of aliphatic hydroxyl groups excluding tert-OH is 1. The predicted molar refractivity (Wildman–Crippen MR) is 124 cm³/mol. The third-order valence-electron chi connectivity index (χ3n) is 4.26. The fourth-order valence-electron chi connectivity index (χ4n) is 2.69. The molecular weight excluding hydrogens is 396 g/mol. The molecule has 1 aromatic carbocycles. The third-order valence-corrected chi connectivity index (χ3v) is 4.26. The number of ether oxygens (including phenoxy) is 3. The highest BCUT2D eigenvalue weighted by Gasteiger charge is 2.30. The topological polar surface area (TPSA) is 85.2 Å². The Morgan fingerprint density at radius 1 is 0.935 bits per heavy atom. The van der Waals surface area contributed by atoms with E-state index in [2.05, 4.69) is 19.7 Å². The number of allylic oxidation sites excluding steroid dienone is 2. The number of carbonyl (C=O) groups is 1. The number of aliphatic carboxylic acids is 1. The molecule has 0 fully saturated rings. The van der Waals surface area contributed by atoms with E-state index >= 15 is 0 Å². The van der Waals surface area contributed by atoms with Crippen molar-refractivity contribution in [2.24, 2.45) is 5.41 Å². The van der Waals surface area contributed by atoms with E-state index in [1.165, 1.54) is 5.56 Å². The van der Waals surface area contributed by atoms with Gasteiger partial charge in [-0.15, -0.1) is 19.7 Å². The van der Waals surface area contributed by atoms with Gasteiger partial charge < -0.3 is 24.4 Å². The van der Waals surface area contributed by atoms with Gasteiger partial charge in [0.05, 0.1) is 51.7 Å². The monoisotopic (exact) mass is 428 g/mol. The van der Waals surface area contributed by atoms with Gasteiger partial charge in [0.2, 0.25) is 0 Å². The van der Waals surface area contributed by atoms with Crippen LogP contribution in [0.15, 0.2) is 74.4 Å². The van der Waals surface area contributed by atoms with E-state index in [4.69, 9.17) is 19.3 Å². The van der Waals surface area contributed by atoms with Gasteiger partial charge in [0.15, 0.2) is 0 Å². The summed E-state index contributed by atoms with van der Waals surface area (Å²) in [6, 6.07) is 7.90. The van der Waals surface area contributed by atoms with Gasteiger partial charge in [0.25, 0.3) is 0 Å². The number of aliphatic hydroxyl groups is 1. The van der Waals surface area contributed by atoms with Crippen LogP contribution in [0.25, 0.3) is 11.6 Å². The smallest absolute Gasteiger partial charge is 0.328 e. The van der Waals surface area contributed by atoms with Gasteiger partial charge >= 0.3 is 5.97 Å². The molecule has 2 N–H and O–H groups in total. The highest BCUT2D eigenvalue weighted by Crippen LogP contribution is 2.32. The number of carboxylic acid groups (broad SMARTS) is 1. The van der Waals surface area contributed by atoms with E-state index in [1.807, 2.05) is 30.3 Å². The highest BCUT2D eigenvalue weighted by molar-refractivity contribution is 6.01. The van der Waals surface area contributed by atoms with Gasteiger partial charge in [0.1, 0.15) is 0 Å². The molecule has 0 aromatic heterocycles. The van der Waals surface area contributed by atoms with Crippen molar-refractivity contribution < 1.29 is 29.2 Å². The molecule has 0 bridgehead atoms. The van der Waals surface area contributed by atoms with E-state index < -0.39 is 11.4 Å². The zero-order valence-corrected chi connectivity index (χ0v) is 17.9. The van der Waals surface area contributed by atoms with Crippen LogP contribution in [0.3, 0.4) is 0 Å². The van der Waals surface area contributed by atoms with Crippen LogP contribution in [0.1, 0.15) is 11.1 Å². The summed E-state index contributed by atoms with van der Waals surface area (Å²) >= 11 is 0. The molecule has 2 rings (SSSR count). The van der Waals surface area contributed by atoms with E-state index in [0.29, 0.717) is 39.6 Å². The number of carboxylic acids is 1. The minimum Gasteiger partial charge on any atom is -0.478 e. The maximum Gasteiger partial charge on any atom is 0.328 e. The maximum atomic E-state index is 10.2. The molecule has 1 aliphatic rings. The molecule has 168 valence electrons. The lowest BCUT2D eigenvalue weighted by Crippen LogP contribution is -2.41. The SMILES string of the molecule is C=CCOCC(CO)(COCC=C)COCC=C.O=C(O)C=CC1=Cc2ccccc21. The van der Waals surface area contributed by atoms with Crippen molar-refractivity contribution in [3.63, 3.8) is 0 Å². The molecule has 0 unspecified atom stereocenters. The first-order valence-electron chi connectivity index (χ1n) is 9.91. The summed E-state index contributed by atoms with van der Waals surface area (Å²) in [5, 5.41) is 18.0. The Morgan fingerprint density at radius 2 is 1.45 bits per heavy atom. The predicted octanol–water partition coefficient (Wildman–Crippen LogP) is 3.75. The second-order valence-corrected chi connectivity index (χ2v) is 6.93. The van der Waals surface area contributed by atoms with Crippen LogP contribution in [0.5, 0.6) is 0 Å². The normalized spacial score (nSPS) is 12.1. The summed E-state index contributed by atoms with van der Waals surface area (Å²) in [6.07, 6.45) is 9.73. The van der Waals surface area contributed by atoms with Gasteiger partial charge in [-0.1, -0.05) is 42.5 Å². The first kappa shape index (κ1) is 26.3. The lowest BCUT2D eigenvalue weighted by Gasteiger charge is -2.30. The number of hydrogen-bond donors (Lipinski definition) is 2. The Hall–Kier alpha value is -2.77. The van der Waals surface area contributed by atoms with Crippen LogP contribution in [-0.4, -0.2) is 62.4 Å². The molecule has 0 aliphatic heterocycles. The number of hydrogen-bond acceptors (Lipinski definition) is 5. The van der Waals surface area contributed by atoms with E-state index in [9.17, 15) is 9.90 Å². The van der Waals surface area contributed by atoms with Crippen molar-refractivity contribution in [1.82, 2.24) is 0 Å². The van der Waals surface area contributed by atoms with Crippen molar-refractivity contribution in [2.75, 3.05) is 46.2 Å². The van der Waals surface area contributed by atoms with Crippen molar-refractivity contribution >= 4 is 17.6 Å². The second-order valence-electron chi connectivity index (χ2n) is 6.93. The third kappa shape index (κ3) is 9.72. The van der Waals surface area contributed by atoms with Crippen LogP contribution in [-0.2, 0) is 19.0 Å². The fraction of sp³-hybridized carbons (Fsp3) is 0.320. The molecule has 6 heteroatoms. The Morgan fingerprint density at radius 3 is 1.87 bits per heavy atom. The van der Waals surface area contributed by atoms with Crippen molar-refractivity contribution in [1.29, 1.82) is 0 Å². The summed E-state index contributed by atoms with van der Waals surface area (Å²) in [5.74, 6) is -0.912. The molecule has 0 spiro atoms. The van der Waals surface area contributed by atoms with Crippen LogP contribution < -0.4 is 0 Å². The van der Waals surface area contributed by atoms with Gasteiger partial charge in [-0.3, -0.25) is 0 Å². The largest absolute Gasteiger partial charge is 0.478 e. The summed E-state index contributed by atoms with van der Waals surface area (Å²) in [4.78, 5) is 10.2. The Balaban J connectivity index is 0.000000323. The quantitative estimate of drug-likeness (QED) is 0.251. The molecule has 0 heterocycles. The average Bonchev–Trinajstić information content (AvgIpc) is 2.75. The van der Waals surface area contributed by atoms with Crippen molar-refractivity contribution in [3.8, 4) is 0 Å². The second kappa shape index (κ2) is 15.1. The maximum absolute atomic E-state index is 10.2. The van der Waals surface area contributed by atoms with Crippen molar-refractivity contribution in [2.45, 2.75) is 0 Å². The Labute approximate surface area is 184 Å². The van der Waals surface area contributed by atoms with Crippen LogP contribution in [0, 0.1) is 5.41 Å². The number of rotatable bonds is 15. The van der Waals surface area contributed by atoms with E-state index in [-0.39, 0.29) is 6.61 Å². The first-order chi connectivity index (χ1) is 15.0. The highest BCUT2D eigenvalue weighted by atomic mass is 16.5. The Bertz CT molecular complexity index is 742. The number of benzene rings is 1. The standard InChI is InChI=1S/C14H24O4.C11H8O2/c1-4-7-16-11-14(10-15,12-17-8-5-2)13-18-9-6-3;12-11(13)6-5-9-7-8-3-1-2-4-10(8)9/h4-6,15H,1-3,7-13H2;1-7H,(H,12,13). The molecule has 1 aliphatic carbocycles. The molecular formula is C25H32O6. The molecule has 31 heavy (non-hydrogen) atoms. The molecule has 0 atom stereocenters. The molecule has 1 aromatic rings. The summed E-state index contributed by atoms with van der Waals surface area (Å²) in [5.41, 5.74) is 2.72. The van der Waals surface area contributed by atoms with Crippen LogP contribution >= 0.6 is 0 Å². The first-order valence-corrected chi connectivity index (χ1v) is 9.91. The minimum absolute atomic E-state index is 0.0710. The fourth-order valence-corrected chi connectivity index (χ4v) is 2.69. The van der Waals surface area contributed by atoms with Gasteiger partial charge in [-0.25, -0.2) is 4.79 Å². The van der Waals surface area contributed by atoms with Gasteiger partial charge in [0, 0.05) is 6.08 Å². The average molecular weight is 429 g/mol. The molecule has 0 saturated heterocycles. The van der Waals surface area contributed by atoms with E-state index in [0.717, 1.165) is 17.2 Å². The summed E-state index contributed by atoms with van der Waals surface area (Å²) in [7, 11) is 0. The summed E-state index contributed by atoms with van der Waals surface area (Å²) < 4.78 is 16.2. The number of fused-ring (bicyclic) bond motifs is 1. The lowest BCUT2D eigenvalue weighted by atomic mass is 9.88. The molecule has 0 radical (unpaired) electrons. The van der Waals surface area contributed by atoms with Crippen LogP contribution in [0.4, 0.5) is 0 Å². The molecule has 0 saturated carbocycles. The van der Waals surface area contributed by atoms with Gasteiger partial charge in [-0.2, -0.15) is 0 Å².